The summed E-state index contributed by atoms with van der Waals surface area (Å²) >= 11 is 6.42. The van der Waals surface area contributed by atoms with Crippen LogP contribution < -0.4 is 9.46 Å². The number of aromatic nitrogens is 1. The highest BCUT2D eigenvalue weighted by atomic mass is 35.5. The van der Waals surface area contributed by atoms with Crippen molar-refractivity contribution in [3.8, 4) is 5.75 Å². The molecule has 0 saturated heterocycles. The Morgan fingerprint density at radius 2 is 1.89 bits per heavy atom. The minimum atomic E-state index is -3.37. The lowest BCUT2D eigenvalue weighted by atomic mass is 9.70. The summed E-state index contributed by atoms with van der Waals surface area (Å²) in [4.78, 5) is 3.28. The molecule has 0 aliphatic heterocycles. The van der Waals surface area contributed by atoms with E-state index >= 15 is 0 Å². The number of H-pyrrole nitrogens is 1. The van der Waals surface area contributed by atoms with E-state index in [4.69, 9.17) is 16.3 Å². The smallest absolute Gasteiger partial charge is 0.229 e. The average Bonchev–Trinajstić information content (AvgIpc) is 3.08. The molecule has 0 fully saturated rings. The molecular weight excluding hydrogens is 396 g/mol. The number of para-hydroxylation sites is 1. The predicted octanol–water partition coefficient (Wildman–Crippen LogP) is 5.31. The van der Waals surface area contributed by atoms with Crippen molar-refractivity contribution < 1.29 is 13.2 Å². The maximum atomic E-state index is 11.7. The number of fused-ring (bicyclic) bond motifs is 1. The maximum Gasteiger partial charge on any atom is 0.229 e. The van der Waals surface area contributed by atoms with Crippen molar-refractivity contribution in [2.24, 2.45) is 0 Å². The van der Waals surface area contributed by atoms with Crippen LogP contribution in [0.4, 0.5) is 5.69 Å². The van der Waals surface area contributed by atoms with Gasteiger partial charge in [0.1, 0.15) is 5.75 Å². The zero-order chi connectivity index (χ0) is 20.5. The average molecular weight is 421 g/mol. The van der Waals surface area contributed by atoms with Gasteiger partial charge in [-0.25, -0.2) is 8.42 Å². The number of aromatic amines is 1. The monoisotopic (exact) mass is 420 g/mol. The molecule has 2 N–H and O–H groups in total. The third-order valence-electron chi connectivity index (χ3n) is 5.44. The number of sulfonamides is 1. The third-order valence-corrected chi connectivity index (χ3v) is 6.32. The first-order valence-electron chi connectivity index (χ1n) is 9.18. The van der Waals surface area contributed by atoms with Crippen molar-refractivity contribution in [1.29, 1.82) is 0 Å². The van der Waals surface area contributed by atoms with Gasteiger partial charge in [0.05, 0.1) is 29.6 Å². The molecule has 28 heavy (non-hydrogen) atoms. The second-order valence-corrected chi connectivity index (χ2v) is 9.10. The molecule has 0 radical (unpaired) electrons. The fraction of sp³-hybridized carbons (Fsp3) is 0.333. The van der Waals surface area contributed by atoms with E-state index in [1.165, 1.54) is 0 Å². The van der Waals surface area contributed by atoms with Crippen LogP contribution in [0.5, 0.6) is 5.75 Å². The molecule has 2 aromatic carbocycles. The molecule has 0 aliphatic rings. The summed E-state index contributed by atoms with van der Waals surface area (Å²) in [5.41, 5.74) is 3.27. The first kappa shape index (κ1) is 20.6. The summed E-state index contributed by atoms with van der Waals surface area (Å²) < 4.78 is 31.3. The summed E-state index contributed by atoms with van der Waals surface area (Å²) in [5.74, 6) is 0.644. The zero-order valence-electron chi connectivity index (χ0n) is 16.5. The molecule has 1 aromatic heterocycles. The Hall–Kier alpha value is -2.18. The fourth-order valence-electron chi connectivity index (χ4n) is 3.99. The van der Waals surface area contributed by atoms with E-state index in [-0.39, 0.29) is 5.41 Å². The van der Waals surface area contributed by atoms with Gasteiger partial charge in [0.2, 0.25) is 10.0 Å². The second-order valence-electron chi connectivity index (χ2n) is 6.94. The first-order chi connectivity index (χ1) is 13.3. The molecule has 1 heterocycles. The Morgan fingerprint density at radius 3 is 2.46 bits per heavy atom. The van der Waals surface area contributed by atoms with E-state index in [9.17, 15) is 8.42 Å². The third kappa shape index (κ3) is 3.59. The first-order valence-corrected chi connectivity index (χ1v) is 11.4. The number of halogens is 1. The van der Waals surface area contributed by atoms with Crippen molar-refractivity contribution in [3.05, 3.63) is 58.7 Å². The maximum absolute atomic E-state index is 11.7. The summed E-state index contributed by atoms with van der Waals surface area (Å²) in [6.07, 6.45) is 4.85. The number of anilines is 1. The van der Waals surface area contributed by atoms with E-state index in [0.29, 0.717) is 16.5 Å². The van der Waals surface area contributed by atoms with Crippen LogP contribution in [0.1, 0.15) is 37.8 Å². The number of benzene rings is 2. The molecule has 3 aromatic rings. The second kappa shape index (κ2) is 7.68. The Labute approximate surface area is 171 Å². The summed E-state index contributed by atoms with van der Waals surface area (Å²) in [5, 5.41) is 1.56. The minimum Gasteiger partial charge on any atom is -0.495 e. The van der Waals surface area contributed by atoms with Gasteiger partial charge in [-0.15, -0.1) is 0 Å². The molecule has 0 aliphatic carbocycles. The largest absolute Gasteiger partial charge is 0.495 e. The van der Waals surface area contributed by atoms with Crippen LogP contribution in [-0.2, 0) is 15.4 Å². The Bertz CT molecular complexity index is 1100. The predicted molar refractivity (Wildman–Crippen MR) is 116 cm³/mol. The molecule has 0 spiro atoms. The molecule has 7 heteroatoms. The van der Waals surface area contributed by atoms with Crippen molar-refractivity contribution in [3.63, 3.8) is 0 Å². The van der Waals surface area contributed by atoms with Gasteiger partial charge in [-0.2, -0.15) is 0 Å². The van der Waals surface area contributed by atoms with Crippen LogP contribution in [-0.4, -0.2) is 26.8 Å². The van der Waals surface area contributed by atoms with Crippen LogP contribution in [0.25, 0.3) is 10.9 Å². The van der Waals surface area contributed by atoms with Crippen LogP contribution in [0.3, 0.4) is 0 Å². The molecule has 150 valence electrons. The highest BCUT2D eigenvalue weighted by Gasteiger charge is 2.34. The number of ether oxygens (including phenoxy) is 1. The summed E-state index contributed by atoms with van der Waals surface area (Å²) in [6, 6.07) is 11.5. The minimum absolute atomic E-state index is 0.266. The lowest BCUT2D eigenvalue weighted by Crippen LogP contribution is -2.25. The summed E-state index contributed by atoms with van der Waals surface area (Å²) in [6.45, 7) is 4.30. The van der Waals surface area contributed by atoms with E-state index in [1.54, 1.807) is 13.2 Å². The Balaban J connectivity index is 2.22. The highest BCUT2D eigenvalue weighted by Crippen LogP contribution is 2.44. The molecule has 3 rings (SSSR count). The van der Waals surface area contributed by atoms with Crippen LogP contribution in [0.2, 0.25) is 5.02 Å². The quantitative estimate of drug-likeness (QED) is 0.544. The number of nitrogens with one attached hydrogen (secondary N) is 2. The lowest BCUT2D eigenvalue weighted by Gasteiger charge is -2.33. The van der Waals surface area contributed by atoms with Crippen LogP contribution in [0.15, 0.2) is 42.6 Å². The lowest BCUT2D eigenvalue weighted by molar-refractivity contribution is 0.413. The van der Waals surface area contributed by atoms with E-state index in [2.05, 4.69) is 29.6 Å². The fourth-order valence-corrected chi connectivity index (χ4v) is 4.82. The normalized spacial score (nSPS) is 12.3. The molecule has 0 saturated carbocycles. The van der Waals surface area contributed by atoms with Gasteiger partial charge in [0.15, 0.2) is 0 Å². The topological polar surface area (TPSA) is 71.2 Å². The van der Waals surface area contributed by atoms with E-state index in [0.717, 1.165) is 41.1 Å². The Morgan fingerprint density at radius 1 is 1.18 bits per heavy atom. The van der Waals surface area contributed by atoms with Crippen molar-refractivity contribution in [1.82, 2.24) is 4.98 Å². The number of rotatable bonds is 7. The number of hydrogen-bond acceptors (Lipinski definition) is 3. The number of methoxy groups -OCH3 is 1. The number of hydrogen-bond donors (Lipinski definition) is 2. The molecule has 0 unspecified atom stereocenters. The van der Waals surface area contributed by atoms with Crippen molar-refractivity contribution in [2.45, 2.75) is 32.1 Å². The molecule has 5 nitrogen and oxygen atoms in total. The van der Waals surface area contributed by atoms with Gasteiger partial charge in [0.25, 0.3) is 0 Å². The molecule has 0 atom stereocenters. The van der Waals surface area contributed by atoms with Gasteiger partial charge in [0, 0.05) is 17.0 Å². The van der Waals surface area contributed by atoms with Crippen molar-refractivity contribution in [2.75, 3.05) is 18.1 Å². The van der Waals surface area contributed by atoms with Crippen LogP contribution in [0, 0.1) is 0 Å². The van der Waals surface area contributed by atoms with E-state index < -0.39 is 10.0 Å². The molecule has 0 amide bonds. The Kier molecular flexibility index (Phi) is 5.64. The van der Waals surface area contributed by atoms with Crippen LogP contribution >= 0.6 is 11.6 Å². The summed E-state index contributed by atoms with van der Waals surface area (Å²) in [7, 11) is -1.77. The zero-order valence-corrected chi connectivity index (χ0v) is 18.0. The van der Waals surface area contributed by atoms with Crippen molar-refractivity contribution >= 4 is 38.2 Å². The van der Waals surface area contributed by atoms with Gasteiger partial charge in [-0.1, -0.05) is 43.6 Å². The highest BCUT2D eigenvalue weighted by molar-refractivity contribution is 7.92. The standard InChI is InChI=1S/C21H25ClN2O3S/c1-5-21(6-2,14-10-11-19(27-3)17(22)12-14)16-13-23-20-15(16)8-7-9-18(20)24-28(4,25)26/h7-13,23-24H,5-6H2,1-4H3. The molecular formula is C21H25ClN2O3S. The van der Waals surface area contributed by atoms with E-state index in [1.807, 2.05) is 30.5 Å². The SMILES string of the molecule is CCC(CC)(c1ccc(OC)c(Cl)c1)c1c[nH]c2c(NS(C)(=O)=O)cccc12. The molecule has 0 bridgehead atoms. The van der Waals surface area contributed by atoms with Gasteiger partial charge < -0.3 is 9.72 Å². The van der Waals surface area contributed by atoms with Gasteiger partial charge in [-0.05, 0) is 42.2 Å². The van der Waals surface area contributed by atoms with Gasteiger partial charge in [-0.3, -0.25) is 4.72 Å². The van der Waals surface area contributed by atoms with Gasteiger partial charge >= 0.3 is 0 Å².